The lowest BCUT2D eigenvalue weighted by Crippen LogP contribution is -2.53. The Morgan fingerprint density at radius 1 is 1.26 bits per heavy atom. The SMILES string of the molecule is Cc1cc(OC(C)C)ccc1C1(N)C(=O)C(N)c2c(C(=O)NC3CCNC3)sc3c(N)ccc1c23. The molecule has 1 aliphatic carbocycles. The average molecular weight is 494 g/mol. The Morgan fingerprint density at radius 2 is 2.00 bits per heavy atom. The third-order valence-corrected chi connectivity index (χ3v) is 8.16. The van der Waals surface area contributed by atoms with Gasteiger partial charge in [0.2, 0.25) is 0 Å². The summed E-state index contributed by atoms with van der Waals surface area (Å²) in [5.74, 6) is 0.113. The van der Waals surface area contributed by atoms with Gasteiger partial charge in [0.15, 0.2) is 5.78 Å². The van der Waals surface area contributed by atoms with E-state index in [1.807, 2.05) is 39.0 Å². The zero-order chi connectivity index (χ0) is 25.1. The average Bonchev–Trinajstić information content (AvgIpc) is 3.45. The number of Topliss-reactive ketones (excluding diaryl/α,β-unsaturated/α-hetero) is 1. The number of nitrogens with two attached hydrogens (primary N) is 3. The van der Waals surface area contributed by atoms with Crippen LogP contribution >= 0.6 is 11.3 Å². The van der Waals surface area contributed by atoms with Gasteiger partial charge in [-0.15, -0.1) is 11.3 Å². The van der Waals surface area contributed by atoms with Crippen molar-refractivity contribution in [3.8, 4) is 5.75 Å². The smallest absolute Gasteiger partial charge is 0.262 e. The van der Waals surface area contributed by atoms with Crippen LogP contribution in [0.5, 0.6) is 5.75 Å². The van der Waals surface area contributed by atoms with Crippen molar-refractivity contribution in [2.24, 2.45) is 11.5 Å². The Balaban J connectivity index is 1.68. The molecule has 3 unspecified atom stereocenters. The highest BCUT2D eigenvalue weighted by Gasteiger charge is 2.49. The van der Waals surface area contributed by atoms with Gasteiger partial charge in [0.1, 0.15) is 11.3 Å². The summed E-state index contributed by atoms with van der Waals surface area (Å²) in [4.78, 5) is 27.6. The Morgan fingerprint density at radius 3 is 2.66 bits per heavy atom. The molecule has 1 aromatic heterocycles. The van der Waals surface area contributed by atoms with E-state index in [9.17, 15) is 9.59 Å². The second kappa shape index (κ2) is 8.60. The van der Waals surface area contributed by atoms with Crippen molar-refractivity contribution in [1.29, 1.82) is 0 Å². The summed E-state index contributed by atoms with van der Waals surface area (Å²) in [6.45, 7) is 7.39. The first-order valence-electron chi connectivity index (χ1n) is 11.9. The lowest BCUT2D eigenvalue weighted by molar-refractivity contribution is -0.124. The van der Waals surface area contributed by atoms with Crippen molar-refractivity contribution in [3.05, 3.63) is 57.5 Å². The van der Waals surface area contributed by atoms with Gasteiger partial charge in [-0.1, -0.05) is 12.1 Å². The van der Waals surface area contributed by atoms with Gasteiger partial charge in [-0.25, -0.2) is 0 Å². The number of carbonyl (C=O) groups is 2. The Bertz CT molecular complexity index is 1340. The van der Waals surface area contributed by atoms with E-state index in [4.69, 9.17) is 21.9 Å². The predicted octanol–water partition coefficient (Wildman–Crippen LogP) is 2.46. The number of ketones is 1. The second-order valence-electron chi connectivity index (χ2n) is 9.71. The van der Waals surface area contributed by atoms with Gasteiger partial charge in [0, 0.05) is 29.2 Å². The molecule has 35 heavy (non-hydrogen) atoms. The molecule has 3 aromatic rings. The number of thiophene rings is 1. The lowest BCUT2D eigenvalue weighted by Gasteiger charge is -2.37. The minimum absolute atomic E-state index is 0.0199. The van der Waals surface area contributed by atoms with Crippen molar-refractivity contribution in [2.45, 2.75) is 50.9 Å². The first kappa shape index (κ1) is 23.7. The number of nitrogens with one attached hydrogen (secondary N) is 2. The van der Waals surface area contributed by atoms with Crippen LogP contribution in [0.2, 0.25) is 0 Å². The second-order valence-corrected chi connectivity index (χ2v) is 10.7. The number of rotatable bonds is 5. The monoisotopic (exact) mass is 493 g/mol. The van der Waals surface area contributed by atoms with E-state index >= 15 is 0 Å². The minimum Gasteiger partial charge on any atom is -0.491 e. The maximum absolute atomic E-state index is 13.9. The lowest BCUT2D eigenvalue weighted by atomic mass is 9.69. The van der Waals surface area contributed by atoms with Crippen LogP contribution in [-0.2, 0) is 10.3 Å². The van der Waals surface area contributed by atoms with Crippen LogP contribution in [0, 0.1) is 6.92 Å². The van der Waals surface area contributed by atoms with E-state index in [-0.39, 0.29) is 23.8 Å². The fourth-order valence-electron chi connectivity index (χ4n) is 5.28. The summed E-state index contributed by atoms with van der Waals surface area (Å²) in [5.41, 5.74) is 21.5. The quantitative estimate of drug-likeness (QED) is 0.343. The molecule has 2 aromatic carbocycles. The fourth-order valence-corrected chi connectivity index (χ4v) is 6.48. The summed E-state index contributed by atoms with van der Waals surface area (Å²) in [5, 5.41) is 7.02. The van der Waals surface area contributed by atoms with Crippen LogP contribution in [0.3, 0.4) is 0 Å². The van der Waals surface area contributed by atoms with Crippen molar-refractivity contribution in [2.75, 3.05) is 18.8 Å². The number of anilines is 1. The molecule has 0 radical (unpaired) electrons. The topological polar surface area (TPSA) is 145 Å². The molecule has 1 amide bonds. The summed E-state index contributed by atoms with van der Waals surface area (Å²) < 4.78 is 6.54. The molecule has 9 heteroatoms. The zero-order valence-electron chi connectivity index (χ0n) is 20.1. The molecule has 184 valence electrons. The molecule has 2 heterocycles. The van der Waals surface area contributed by atoms with Crippen LogP contribution in [0.15, 0.2) is 30.3 Å². The first-order chi connectivity index (χ1) is 16.6. The number of aryl methyl sites for hydroxylation is 1. The van der Waals surface area contributed by atoms with E-state index in [1.165, 1.54) is 11.3 Å². The summed E-state index contributed by atoms with van der Waals surface area (Å²) in [6, 6.07) is 8.05. The Hall–Kier alpha value is -2.98. The first-order valence-corrected chi connectivity index (χ1v) is 12.7. The third kappa shape index (κ3) is 3.70. The molecular weight excluding hydrogens is 462 g/mol. The van der Waals surface area contributed by atoms with Crippen molar-refractivity contribution < 1.29 is 14.3 Å². The molecule has 0 bridgehead atoms. The molecule has 8 N–H and O–H groups in total. The minimum atomic E-state index is -1.48. The molecule has 2 aliphatic rings. The number of carbonyl (C=O) groups excluding carboxylic acids is 2. The van der Waals surface area contributed by atoms with Gasteiger partial charge in [-0.3, -0.25) is 9.59 Å². The summed E-state index contributed by atoms with van der Waals surface area (Å²) >= 11 is 1.27. The number of hydrogen-bond donors (Lipinski definition) is 5. The molecular formula is C26H31N5O3S. The van der Waals surface area contributed by atoms with Crippen LogP contribution in [0.4, 0.5) is 5.69 Å². The van der Waals surface area contributed by atoms with Gasteiger partial charge >= 0.3 is 0 Å². The van der Waals surface area contributed by atoms with Crippen LogP contribution < -0.4 is 32.6 Å². The normalized spacial score (nSPS) is 23.8. The summed E-state index contributed by atoms with van der Waals surface area (Å²) in [7, 11) is 0. The zero-order valence-corrected chi connectivity index (χ0v) is 20.9. The number of hydrogen-bond acceptors (Lipinski definition) is 8. The van der Waals surface area contributed by atoms with E-state index in [0.29, 0.717) is 44.9 Å². The number of amides is 1. The maximum Gasteiger partial charge on any atom is 0.262 e. The standard InChI is InChI=1S/C26H31N5O3S/c1-12(2)34-15-4-5-16(13(3)10-15)26(29)17-6-7-18(27)22-19(17)20(21(28)24(26)32)23(35-22)25(33)31-14-8-9-30-11-14/h4-7,10,12,14,21,30H,8-9,11,27-29H2,1-3H3,(H,31,33). The van der Waals surface area contributed by atoms with E-state index in [2.05, 4.69) is 10.6 Å². The molecule has 1 fully saturated rings. The number of benzene rings is 2. The molecule has 5 rings (SSSR count). The molecule has 3 atom stereocenters. The third-order valence-electron chi connectivity index (χ3n) is 6.91. The highest BCUT2D eigenvalue weighted by Crippen LogP contribution is 2.50. The predicted molar refractivity (Wildman–Crippen MR) is 139 cm³/mol. The number of ether oxygens (including phenoxy) is 1. The molecule has 8 nitrogen and oxygen atoms in total. The van der Waals surface area contributed by atoms with Gasteiger partial charge in [-0.2, -0.15) is 0 Å². The van der Waals surface area contributed by atoms with Crippen molar-refractivity contribution in [1.82, 2.24) is 10.6 Å². The highest BCUT2D eigenvalue weighted by atomic mass is 32.1. The van der Waals surface area contributed by atoms with E-state index in [1.54, 1.807) is 12.1 Å². The molecule has 1 saturated heterocycles. The Labute approximate surface area is 208 Å². The van der Waals surface area contributed by atoms with Crippen LogP contribution in [-0.4, -0.2) is 36.9 Å². The summed E-state index contributed by atoms with van der Waals surface area (Å²) in [6.07, 6.45) is 0.873. The van der Waals surface area contributed by atoms with Gasteiger partial charge < -0.3 is 32.6 Å². The van der Waals surface area contributed by atoms with E-state index in [0.717, 1.165) is 23.2 Å². The largest absolute Gasteiger partial charge is 0.491 e. The van der Waals surface area contributed by atoms with Gasteiger partial charge in [0.25, 0.3) is 5.91 Å². The van der Waals surface area contributed by atoms with Gasteiger partial charge in [0.05, 0.1) is 21.7 Å². The van der Waals surface area contributed by atoms with Crippen molar-refractivity contribution >= 4 is 38.8 Å². The molecule has 1 aliphatic heterocycles. The number of nitrogen functional groups attached to an aromatic ring is 1. The Kier molecular flexibility index (Phi) is 5.83. The molecule has 0 saturated carbocycles. The van der Waals surface area contributed by atoms with Crippen LogP contribution in [0.25, 0.3) is 10.1 Å². The molecule has 0 spiro atoms. The van der Waals surface area contributed by atoms with Crippen molar-refractivity contribution in [3.63, 3.8) is 0 Å². The maximum atomic E-state index is 13.9. The van der Waals surface area contributed by atoms with Crippen LogP contribution in [0.1, 0.15) is 58.2 Å². The fraction of sp³-hybridized carbons (Fsp3) is 0.385. The van der Waals surface area contributed by atoms with E-state index < -0.39 is 11.6 Å². The highest BCUT2D eigenvalue weighted by molar-refractivity contribution is 7.21. The van der Waals surface area contributed by atoms with Gasteiger partial charge in [-0.05, 0) is 68.6 Å².